The van der Waals surface area contributed by atoms with Crippen LogP contribution in [-0.4, -0.2) is 43.6 Å². The number of aromatic nitrogens is 2. The number of carbonyl (C=O) groups excluding carboxylic acids is 1. The molecule has 118 valence electrons. The summed E-state index contributed by atoms with van der Waals surface area (Å²) in [4.78, 5) is 27.6. The first kappa shape index (κ1) is 16.0. The zero-order valence-electron chi connectivity index (χ0n) is 12.7. The van der Waals surface area contributed by atoms with Gasteiger partial charge in [0.2, 0.25) is 0 Å². The quantitative estimate of drug-likeness (QED) is 0.757. The van der Waals surface area contributed by atoms with Crippen LogP contribution in [-0.2, 0) is 11.2 Å². The van der Waals surface area contributed by atoms with E-state index in [2.05, 4.69) is 10.3 Å². The molecule has 0 radical (unpaired) electrons. The molecule has 22 heavy (non-hydrogen) atoms. The zero-order valence-corrected chi connectivity index (χ0v) is 12.7. The summed E-state index contributed by atoms with van der Waals surface area (Å²) in [6, 6.07) is 1.94. The van der Waals surface area contributed by atoms with Gasteiger partial charge in [0.05, 0.1) is 17.4 Å². The van der Waals surface area contributed by atoms with E-state index in [1.807, 2.05) is 13.8 Å². The molecule has 0 saturated carbocycles. The number of carboxylic acids is 1. The fourth-order valence-electron chi connectivity index (χ4n) is 2.29. The molecule has 2 unspecified atom stereocenters. The predicted octanol–water partition coefficient (Wildman–Crippen LogP) is 0.769. The summed E-state index contributed by atoms with van der Waals surface area (Å²) >= 11 is 0. The van der Waals surface area contributed by atoms with Crippen LogP contribution in [0.2, 0.25) is 0 Å². The minimum absolute atomic E-state index is 0.308. The monoisotopic (exact) mass is 305 g/mol. The fraction of sp³-hybridized carbons (Fsp3) is 0.400. The van der Waals surface area contributed by atoms with Crippen LogP contribution in [0.5, 0.6) is 0 Å². The van der Waals surface area contributed by atoms with E-state index in [0.29, 0.717) is 5.56 Å². The van der Waals surface area contributed by atoms with Crippen molar-refractivity contribution in [2.45, 2.75) is 39.3 Å². The van der Waals surface area contributed by atoms with Gasteiger partial charge in [-0.15, -0.1) is 0 Å². The summed E-state index contributed by atoms with van der Waals surface area (Å²) in [6.07, 6.45) is 1.22. The first-order valence-electron chi connectivity index (χ1n) is 7.04. The third kappa shape index (κ3) is 2.94. The Morgan fingerprint density at radius 2 is 2.09 bits per heavy atom. The molecule has 7 heteroatoms. The lowest BCUT2D eigenvalue weighted by Gasteiger charge is -2.17. The maximum absolute atomic E-state index is 12.2. The smallest absolute Gasteiger partial charge is 0.328 e. The highest BCUT2D eigenvalue weighted by molar-refractivity contribution is 5.96. The number of carboxylic acid groups (broad SMARTS) is 1. The first-order chi connectivity index (χ1) is 10.3. The van der Waals surface area contributed by atoms with E-state index < -0.39 is 24.0 Å². The Morgan fingerprint density at radius 1 is 1.41 bits per heavy atom. The van der Waals surface area contributed by atoms with Crippen LogP contribution >= 0.6 is 0 Å². The average Bonchev–Trinajstić information content (AvgIpc) is 2.79. The van der Waals surface area contributed by atoms with Crippen LogP contribution in [0, 0.1) is 6.92 Å². The van der Waals surface area contributed by atoms with Gasteiger partial charge in [0.15, 0.2) is 6.04 Å². The van der Waals surface area contributed by atoms with Crippen molar-refractivity contribution in [2.24, 2.45) is 0 Å². The number of aliphatic carboxylic acids is 1. The number of hydrogen-bond acceptors (Lipinski definition) is 4. The van der Waals surface area contributed by atoms with Gasteiger partial charge in [-0.2, -0.15) is 0 Å². The standard InChI is InChI=1S/C15H19N3O4/c1-4-11-8(2)18-7-10(5-6-12(18)16-11)14(20)17-13(9(3)19)15(21)22/h5-7,9,13,19H,4H2,1-3H3,(H,17,20)(H,21,22). The minimum Gasteiger partial charge on any atom is -0.480 e. The maximum atomic E-state index is 12.2. The number of nitrogens with one attached hydrogen (secondary N) is 1. The Balaban J connectivity index is 2.32. The molecule has 2 aromatic rings. The molecule has 3 N–H and O–H groups in total. The Bertz CT molecular complexity index is 721. The number of nitrogens with zero attached hydrogens (tertiary/aromatic N) is 2. The van der Waals surface area contributed by atoms with Crippen LogP contribution in [0.3, 0.4) is 0 Å². The third-order valence-corrected chi connectivity index (χ3v) is 3.59. The summed E-state index contributed by atoms with van der Waals surface area (Å²) < 4.78 is 1.80. The Kier molecular flexibility index (Phi) is 4.46. The summed E-state index contributed by atoms with van der Waals surface area (Å²) in [6.45, 7) is 5.23. The lowest BCUT2D eigenvalue weighted by Crippen LogP contribution is -2.47. The minimum atomic E-state index is -1.35. The van der Waals surface area contributed by atoms with Crippen molar-refractivity contribution in [3.63, 3.8) is 0 Å². The van der Waals surface area contributed by atoms with E-state index in [0.717, 1.165) is 23.5 Å². The van der Waals surface area contributed by atoms with Crippen LogP contribution in [0.15, 0.2) is 18.3 Å². The molecule has 2 aromatic heterocycles. The van der Waals surface area contributed by atoms with Crippen molar-refractivity contribution in [2.75, 3.05) is 0 Å². The molecule has 0 fully saturated rings. The molecule has 2 heterocycles. The number of rotatable bonds is 5. The molecule has 0 saturated heterocycles. The summed E-state index contributed by atoms with van der Waals surface area (Å²) in [5, 5.41) is 20.7. The Morgan fingerprint density at radius 3 is 2.64 bits per heavy atom. The molecule has 0 spiro atoms. The Labute approximate surface area is 127 Å². The van der Waals surface area contributed by atoms with Crippen LogP contribution in [0.1, 0.15) is 35.6 Å². The van der Waals surface area contributed by atoms with Gasteiger partial charge in [0.25, 0.3) is 5.91 Å². The number of aryl methyl sites for hydroxylation is 2. The molecule has 2 rings (SSSR count). The van der Waals surface area contributed by atoms with E-state index in [1.54, 1.807) is 22.7 Å². The number of pyridine rings is 1. The second-order valence-corrected chi connectivity index (χ2v) is 5.17. The van der Waals surface area contributed by atoms with Crippen LogP contribution in [0.4, 0.5) is 0 Å². The predicted molar refractivity (Wildman–Crippen MR) is 79.9 cm³/mol. The third-order valence-electron chi connectivity index (χ3n) is 3.59. The number of hydrogen-bond donors (Lipinski definition) is 3. The maximum Gasteiger partial charge on any atom is 0.328 e. The molecule has 2 atom stereocenters. The first-order valence-corrected chi connectivity index (χ1v) is 7.04. The number of carbonyl (C=O) groups is 2. The number of aliphatic hydroxyl groups is 1. The number of amides is 1. The van der Waals surface area contributed by atoms with Gasteiger partial charge in [-0.05, 0) is 32.4 Å². The highest BCUT2D eigenvalue weighted by Crippen LogP contribution is 2.14. The van der Waals surface area contributed by atoms with Crippen LogP contribution in [0.25, 0.3) is 5.65 Å². The second kappa shape index (κ2) is 6.15. The molecule has 0 aromatic carbocycles. The van der Waals surface area contributed by atoms with Gasteiger partial charge in [0.1, 0.15) is 5.65 Å². The lowest BCUT2D eigenvalue weighted by molar-refractivity contribution is -0.141. The van der Waals surface area contributed by atoms with Gasteiger partial charge >= 0.3 is 5.97 Å². The van der Waals surface area contributed by atoms with Crippen molar-refractivity contribution in [1.82, 2.24) is 14.7 Å². The van der Waals surface area contributed by atoms with Crippen molar-refractivity contribution >= 4 is 17.5 Å². The van der Waals surface area contributed by atoms with E-state index >= 15 is 0 Å². The molecule has 7 nitrogen and oxygen atoms in total. The van der Waals surface area contributed by atoms with E-state index in [1.165, 1.54) is 6.92 Å². The van der Waals surface area contributed by atoms with Gasteiger partial charge < -0.3 is 19.9 Å². The zero-order chi connectivity index (χ0) is 16.4. The summed E-state index contributed by atoms with van der Waals surface area (Å²) in [5.41, 5.74) is 2.93. The van der Waals surface area contributed by atoms with E-state index in [9.17, 15) is 14.7 Å². The second-order valence-electron chi connectivity index (χ2n) is 5.17. The van der Waals surface area contributed by atoms with Gasteiger partial charge in [0, 0.05) is 11.9 Å². The molecule has 0 aliphatic rings. The number of aliphatic hydroxyl groups excluding tert-OH is 1. The van der Waals surface area contributed by atoms with Crippen LogP contribution < -0.4 is 5.32 Å². The molecule has 0 aliphatic carbocycles. The number of imidazole rings is 1. The van der Waals surface area contributed by atoms with Crippen molar-refractivity contribution in [3.05, 3.63) is 35.3 Å². The topological polar surface area (TPSA) is 104 Å². The number of fused-ring (bicyclic) bond motifs is 1. The molecule has 1 amide bonds. The molecular weight excluding hydrogens is 286 g/mol. The average molecular weight is 305 g/mol. The SMILES string of the molecule is CCc1nc2ccc(C(=O)NC(C(=O)O)C(C)O)cn2c1C. The van der Waals surface area contributed by atoms with Crippen molar-refractivity contribution in [1.29, 1.82) is 0 Å². The summed E-state index contributed by atoms with van der Waals surface area (Å²) in [7, 11) is 0. The van der Waals surface area contributed by atoms with Crippen molar-refractivity contribution in [3.8, 4) is 0 Å². The van der Waals surface area contributed by atoms with Gasteiger partial charge in [-0.25, -0.2) is 9.78 Å². The highest BCUT2D eigenvalue weighted by Gasteiger charge is 2.25. The highest BCUT2D eigenvalue weighted by atomic mass is 16.4. The molecule has 0 aliphatic heterocycles. The van der Waals surface area contributed by atoms with E-state index in [4.69, 9.17) is 5.11 Å². The largest absolute Gasteiger partial charge is 0.480 e. The molecule has 0 bridgehead atoms. The van der Waals surface area contributed by atoms with Crippen molar-refractivity contribution < 1.29 is 19.8 Å². The Hall–Kier alpha value is -2.41. The van der Waals surface area contributed by atoms with Gasteiger partial charge in [-0.3, -0.25) is 4.79 Å². The lowest BCUT2D eigenvalue weighted by atomic mass is 10.1. The molecular formula is C15H19N3O4. The normalized spacial score (nSPS) is 13.8. The fourth-order valence-corrected chi connectivity index (χ4v) is 2.29. The summed E-state index contributed by atoms with van der Waals surface area (Å²) in [5.74, 6) is -1.84. The van der Waals surface area contributed by atoms with Gasteiger partial charge in [-0.1, -0.05) is 6.92 Å². The van der Waals surface area contributed by atoms with E-state index in [-0.39, 0.29) is 0 Å².